The van der Waals surface area contributed by atoms with Crippen LogP contribution in [0.2, 0.25) is 0 Å². The van der Waals surface area contributed by atoms with E-state index in [1.54, 1.807) is 0 Å². The average Bonchev–Trinajstić information content (AvgIpc) is 2.81. The Kier molecular flexibility index (Phi) is 3.52. The molecular weight excluding hydrogens is 317 g/mol. The van der Waals surface area contributed by atoms with Crippen LogP contribution in [0.15, 0.2) is 22.7 Å². The molecule has 86 valence electrons. The molecule has 5 heteroatoms. The third-order valence-corrected chi connectivity index (χ3v) is 2.90. The number of rotatable bonds is 4. The highest BCUT2D eigenvalue weighted by Crippen LogP contribution is 2.16. The van der Waals surface area contributed by atoms with Gasteiger partial charge in [0.15, 0.2) is 3.77 Å². The first kappa shape index (κ1) is 11.5. The largest absolute Gasteiger partial charge is 0.454 e. The van der Waals surface area contributed by atoms with Gasteiger partial charge in [0.25, 0.3) is 0 Å². The highest BCUT2D eigenvalue weighted by molar-refractivity contribution is 14.1. The van der Waals surface area contributed by atoms with Crippen molar-refractivity contribution in [3.05, 3.63) is 33.6 Å². The molecule has 2 aromatic heterocycles. The molecule has 2 aromatic rings. The first-order valence-corrected chi connectivity index (χ1v) is 6.27. The van der Waals surface area contributed by atoms with Gasteiger partial charge in [-0.25, -0.2) is 0 Å². The Balaban J connectivity index is 2.04. The van der Waals surface area contributed by atoms with Crippen LogP contribution in [0.1, 0.15) is 18.4 Å². The molecule has 4 nitrogen and oxygen atoms in total. The molecule has 0 radical (unpaired) electrons. The fraction of sp³-hybridized carbons (Fsp3) is 0.364. The smallest absolute Gasteiger partial charge is 0.164 e. The van der Waals surface area contributed by atoms with E-state index in [0.29, 0.717) is 6.54 Å². The van der Waals surface area contributed by atoms with Gasteiger partial charge in [0, 0.05) is 13.2 Å². The zero-order valence-electron chi connectivity index (χ0n) is 9.33. The quantitative estimate of drug-likeness (QED) is 0.876. The van der Waals surface area contributed by atoms with Crippen LogP contribution < -0.4 is 5.32 Å². The monoisotopic (exact) mass is 331 g/mol. The Morgan fingerprint density at radius 2 is 2.31 bits per heavy atom. The van der Waals surface area contributed by atoms with Gasteiger partial charge in [-0.3, -0.25) is 4.68 Å². The number of nitrogens with zero attached hydrogens (tertiary/aromatic N) is 2. The summed E-state index contributed by atoms with van der Waals surface area (Å²) in [6, 6.07) is 3.94. The Hall–Kier alpha value is -0.980. The van der Waals surface area contributed by atoms with Crippen molar-refractivity contribution in [3.63, 3.8) is 0 Å². The van der Waals surface area contributed by atoms with Gasteiger partial charge >= 0.3 is 0 Å². The maximum Gasteiger partial charge on any atom is 0.164 e. The summed E-state index contributed by atoms with van der Waals surface area (Å²) < 4.78 is 8.22. The lowest BCUT2D eigenvalue weighted by molar-refractivity contribution is 0.493. The van der Waals surface area contributed by atoms with Crippen LogP contribution in [0.4, 0.5) is 5.69 Å². The van der Waals surface area contributed by atoms with Gasteiger partial charge in [-0.05, 0) is 41.1 Å². The highest BCUT2D eigenvalue weighted by Gasteiger charge is 2.06. The Morgan fingerprint density at radius 1 is 1.50 bits per heavy atom. The van der Waals surface area contributed by atoms with Gasteiger partial charge in [0.2, 0.25) is 0 Å². The van der Waals surface area contributed by atoms with Crippen LogP contribution >= 0.6 is 22.6 Å². The summed E-state index contributed by atoms with van der Waals surface area (Å²) in [4.78, 5) is 0. The Labute approximate surface area is 108 Å². The number of aryl methyl sites for hydroxylation is 2. The third-order valence-electron chi connectivity index (χ3n) is 2.32. The van der Waals surface area contributed by atoms with E-state index in [-0.39, 0.29) is 0 Å². The van der Waals surface area contributed by atoms with E-state index >= 15 is 0 Å². The van der Waals surface area contributed by atoms with E-state index in [1.165, 1.54) is 0 Å². The predicted molar refractivity (Wildman–Crippen MR) is 71.3 cm³/mol. The molecule has 0 bridgehead atoms. The summed E-state index contributed by atoms with van der Waals surface area (Å²) in [6.07, 6.45) is 2.92. The minimum Gasteiger partial charge on any atom is -0.454 e. The zero-order valence-corrected chi connectivity index (χ0v) is 11.5. The lowest BCUT2D eigenvalue weighted by Crippen LogP contribution is -1.99. The van der Waals surface area contributed by atoms with Crippen molar-refractivity contribution in [1.82, 2.24) is 9.78 Å². The average molecular weight is 331 g/mol. The van der Waals surface area contributed by atoms with Crippen LogP contribution in [0.3, 0.4) is 0 Å². The van der Waals surface area contributed by atoms with Crippen molar-refractivity contribution in [2.75, 3.05) is 5.32 Å². The lowest BCUT2D eigenvalue weighted by Gasteiger charge is -2.02. The van der Waals surface area contributed by atoms with Gasteiger partial charge in [0.1, 0.15) is 5.76 Å². The molecule has 0 aliphatic heterocycles. The Bertz CT molecular complexity index is 475. The molecule has 0 atom stereocenters. The molecule has 0 saturated heterocycles. The summed E-state index contributed by atoms with van der Waals surface area (Å²) in [7, 11) is 1.93. The second kappa shape index (κ2) is 4.90. The number of hydrogen-bond donors (Lipinski definition) is 1. The predicted octanol–water partition coefficient (Wildman–Crippen LogP) is 2.79. The molecule has 0 fully saturated rings. The first-order valence-electron chi connectivity index (χ1n) is 5.19. The van der Waals surface area contributed by atoms with E-state index in [1.807, 2.05) is 30.1 Å². The van der Waals surface area contributed by atoms with E-state index in [0.717, 1.165) is 27.3 Å². The van der Waals surface area contributed by atoms with Crippen molar-refractivity contribution >= 4 is 28.3 Å². The maximum atomic E-state index is 5.48. The van der Waals surface area contributed by atoms with Crippen LogP contribution in [0.25, 0.3) is 0 Å². The molecule has 2 heterocycles. The third kappa shape index (κ3) is 2.58. The van der Waals surface area contributed by atoms with Gasteiger partial charge in [-0.1, -0.05) is 6.92 Å². The van der Waals surface area contributed by atoms with Gasteiger partial charge in [0.05, 0.1) is 17.9 Å². The Morgan fingerprint density at radius 3 is 2.94 bits per heavy atom. The van der Waals surface area contributed by atoms with E-state index in [9.17, 15) is 0 Å². The van der Waals surface area contributed by atoms with Crippen molar-refractivity contribution in [1.29, 1.82) is 0 Å². The molecule has 0 amide bonds. The number of aromatic nitrogens is 2. The number of halogens is 1. The number of furan rings is 1. The summed E-state index contributed by atoms with van der Waals surface area (Å²) in [6.45, 7) is 2.80. The summed E-state index contributed by atoms with van der Waals surface area (Å²) in [5, 5.41) is 7.70. The molecule has 2 rings (SSSR count). The zero-order chi connectivity index (χ0) is 11.5. The molecule has 0 aliphatic rings. The molecule has 0 spiro atoms. The minimum atomic E-state index is 0.696. The van der Waals surface area contributed by atoms with Gasteiger partial charge in [-0.2, -0.15) is 5.10 Å². The fourth-order valence-electron chi connectivity index (χ4n) is 1.57. The van der Waals surface area contributed by atoms with Crippen molar-refractivity contribution in [3.8, 4) is 0 Å². The number of nitrogens with one attached hydrogen (secondary N) is 1. The molecule has 1 N–H and O–H groups in total. The summed E-state index contributed by atoms with van der Waals surface area (Å²) in [5.74, 6) is 0.940. The lowest BCUT2D eigenvalue weighted by atomic mass is 10.3. The normalized spacial score (nSPS) is 10.7. The molecule has 16 heavy (non-hydrogen) atoms. The topological polar surface area (TPSA) is 43.0 Å². The SMILES string of the molecule is CCc1nn(C)cc1NCc1ccc(I)o1. The van der Waals surface area contributed by atoms with Crippen molar-refractivity contribution < 1.29 is 4.42 Å². The van der Waals surface area contributed by atoms with E-state index in [4.69, 9.17) is 4.42 Å². The van der Waals surface area contributed by atoms with Crippen LogP contribution in [0, 0.1) is 3.77 Å². The molecule has 0 aromatic carbocycles. The number of hydrogen-bond acceptors (Lipinski definition) is 3. The van der Waals surface area contributed by atoms with Gasteiger partial charge < -0.3 is 9.73 Å². The van der Waals surface area contributed by atoms with E-state index in [2.05, 4.69) is 39.9 Å². The van der Waals surface area contributed by atoms with Crippen LogP contribution in [0.5, 0.6) is 0 Å². The molecule has 0 saturated carbocycles. The number of anilines is 1. The van der Waals surface area contributed by atoms with E-state index < -0.39 is 0 Å². The van der Waals surface area contributed by atoms with Crippen molar-refractivity contribution in [2.45, 2.75) is 19.9 Å². The van der Waals surface area contributed by atoms with Crippen LogP contribution in [-0.2, 0) is 20.0 Å². The fourth-order valence-corrected chi connectivity index (χ4v) is 2.04. The minimum absolute atomic E-state index is 0.696. The molecule has 0 unspecified atom stereocenters. The second-order valence-corrected chi connectivity index (χ2v) is 4.64. The summed E-state index contributed by atoms with van der Waals surface area (Å²) >= 11 is 2.16. The second-order valence-electron chi connectivity index (χ2n) is 3.58. The molecular formula is C11H14IN3O. The molecule has 0 aliphatic carbocycles. The highest BCUT2D eigenvalue weighted by atomic mass is 127. The first-order chi connectivity index (χ1) is 7.69. The maximum absolute atomic E-state index is 5.48. The van der Waals surface area contributed by atoms with Gasteiger partial charge in [-0.15, -0.1) is 0 Å². The summed E-state index contributed by atoms with van der Waals surface area (Å²) in [5.41, 5.74) is 2.17. The van der Waals surface area contributed by atoms with Crippen molar-refractivity contribution in [2.24, 2.45) is 7.05 Å². The standard InChI is InChI=1S/C11H14IN3O/c1-3-9-10(7-15(2)14-9)13-6-8-4-5-11(12)16-8/h4-5,7,13H,3,6H2,1-2H3. The van der Waals surface area contributed by atoms with Crippen LogP contribution in [-0.4, -0.2) is 9.78 Å².